The van der Waals surface area contributed by atoms with Crippen molar-refractivity contribution in [3.05, 3.63) is 30.2 Å². The van der Waals surface area contributed by atoms with Gasteiger partial charge < -0.3 is 10.1 Å². The second kappa shape index (κ2) is 5.38. The van der Waals surface area contributed by atoms with Gasteiger partial charge in [-0.1, -0.05) is 0 Å². The molecule has 2 aromatic rings. The molecule has 0 aliphatic carbocycles. The molecule has 9 heteroatoms. The summed E-state index contributed by atoms with van der Waals surface area (Å²) in [7, 11) is 1.35. The second-order valence-corrected chi connectivity index (χ2v) is 3.34. The van der Waals surface area contributed by atoms with Gasteiger partial charge in [-0.15, -0.1) is 4.80 Å². The van der Waals surface area contributed by atoms with Crippen molar-refractivity contribution in [1.82, 2.24) is 25.3 Å². The summed E-state index contributed by atoms with van der Waals surface area (Å²) in [6, 6.07) is 1.02. The van der Waals surface area contributed by atoms with Crippen molar-refractivity contribution in [3.8, 4) is 11.6 Å². The third kappa shape index (κ3) is 2.81. The minimum atomic E-state index is -2.80. The molecule has 0 spiro atoms. The first kappa shape index (κ1) is 12.9. The number of aromatic nitrogens is 4. The molecule has 0 bridgehead atoms. The summed E-state index contributed by atoms with van der Waals surface area (Å²) >= 11 is 0. The summed E-state index contributed by atoms with van der Waals surface area (Å²) in [4.78, 5) is 15.7. The zero-order valence-corrected chi connectivity index (χ0v) is 9.75. The molecule has 2 heterocycles. The molecule has 0 fully saturated rings. The number of hydrogen-bond acceptors (Lipinski definition) is 5. The molecular formula is C10H9F2N5O2. The van der Waals surface area contributed by atoms with E-state index in [9.17, 15) is 13.6 Å². The number of nitrogens with one attached hydrogen (secondary N) is 1. The maximum Gasteiger partial charge on any atom is 0.412 e. The lowest BCUT2D eigenvalue weighted by molar-refractivity contribution is 0.149. The van der Waals surface area contributed by atoms with Gasteiger partial charge in [0.15, 0.2) is 11.6 Å². The quantitative estimate of drug-likeness (QED) is 0.908. The highest BCUT2D eigenvalue weighted by atomic mass is 19.3. The predicted octanol–water partition coefficient (Wildman–Crippen LogP) is 1.32. The fourth-order valence-electron chi connectivity index (χ4n) is 1.32. The molecule has 0 aliphatic heterocycles. The van der Waals surface area contributed by atoms with Gasteiger partial charge in [0, 0.05) is 7.05 Å². The van der Waals surface area contributed by atoms with Gasteiger partial charge in [0.05, 0.1) is 24.2 Å². The summed E-state index contributed by atoms with van der Waals surface area (Å²) in [5, 5.41) is 9.65. The van der Waals surface area contributed by atoms with Gasteiger partial charge in [-0.3, -0.25) is 0 Å². The number of ether oxygens (including phenoxy) is 1. The van der Waals surface area contributed by atoms with Crippen LogP contribution in [0.1, 0.15) is 12.0 Å². The Hall–Kier alpha value is -2.58. The molecule has 19 heavy (non-hydrogen) atoms. The van der Waals surface area contributed by atoms with Gasteiger partial charge in [-0.05, 0) is 6.07 Å². The average Bonchev–Trinajstić information content (AvgIpc) is 2.92. The average molecular weight is 269 g/mol. The highest BCUT2D eigenvalue weighted by Crippen LogP contribution is 2.27. The van der Waals surface area contributed by atoms with Crippen LogP contribution in [0.3, 0.4) is 0 Å². The minimum Gasteiger partial charge on any atom is -0.409 e. The maximum atomic E-state index is 13.0. The molecule has 0 unspecified atom stereocenters. The van der Waals surface area contributed by atoms with Crippen molar-refractivity contribution in [1.29, 1.82) is 0 Å². The number of halogens is 2. The lowest BCUT2D eigenvalue weighted by Gasteiger charge is -2.09. The molecular weight excluding hydrogens is 260 g/mol. The molecule has 0 atom stereocenters. The lowest BCUT2D eigenvalue weighted by Crippen LogP contribution is -2.22. The molecule has 0 aliphatic rings. The summed E-state index contributed by atoms with van der Waals surface area (Å²) in [5.41, 5.74) is -0.433. The summed E-state index contributed by atoms with van der Waals surface area (Å²) < 4.78 is 30.6. The Morgan fingerprint density at radius 3 is 2.68 bits per heavy atom. The Kier molecular flexibility index (Phi) is 3.64. The fraction of sp³-hybridized carbons (Fsp3) is 0.200. The number of rotatable bonds is 3. The lowest BCUT2D eigenvalue weighted by atomic mass is 10.2. The molecule has 0 radical (unpaired) electrons. The number of hydrogen-bond donors (Lipinski definition) is 1. The van der Waals surface area contributed by atoms with Gasteiger partial charge in [0.2, 0.25) is 0 Å². The van der Waals surface area contributed by atoms with Crippen molar-refractivity contribution in [2.75, 3.05) is 7.05 Å². The van der Waals surface area contributed by atoms with Crippen LogP contribution in [0, 0.1) is 0 Å². The zero-order valence-electron chi connectivity index (χ0n) is 9.75. The van der Waals surface area contributed by atoms with E-state index >= 15 is 0 Å². The SMILES string of the molecule is CNC(=O)Oc1cnc(-n2nccn2)c(C(F)F)c1. The number of carbonyl (C=O) groups excluding carboxylic acids is 1. The van der Waals surface area contributed by atoms with Crippen LogP contribution >= 0.6 is 0 Å². The molecule has 1 N–H and O–H groups in total. The second-order valence-electron chi connectivity index (χ2n) is 3.34. The summed E-state index contributed by atoms with van der Waals surface area (Å²) in [6.45, 7) is 0. The highest BCUT2D eigenvalue weighted by Gasteiger charge is 2.19. The fourth-order valence-corrected chi connectivity index (χ4v) is 1.32. The third-order valence-electron chi connectivity index (χ3n) is 2.13. The van der Waals surface area contributed by atoms with E-state index in [1.54, 1.807) is 0 Å². The molecule has 100 valence electrons. The van der Waals surface area contributed by atoms with E-state index in [2.05, 4.69) is 20.5 Å². The number of alkyl halides is 2. The van der Waals surface area contributed by atoms with Crippen molar-refractivity contribution in [3.63, 3.8) is 0 Å². The number of amides is 1. The van der Waals surface area contributed by atoms with Gasteiger partial charge in [0.25, 0.3) is 6.43 Å². The van der Waals surface area contributed by atoms with Crippen LogP contribution < -0.4 is 10.1 Å². The highest BCUT2D eigenvalue weighted by molar-refractivity contribution is 5.69. The van der Waals surface area contributed by atoms with E-state index in [0.717, 1.165) is 17.1 Å². The number of nitrogens with zero attached hydrogens (tertiary/aromatic N) is 4. The largest absolute Gasteiger partial charge is 0.412 e. The van der Waals surface area contributed by atoms with Gasteiger partial charge in [-0.25, -0.2) is 18.6 Å². The van der Waals surface area contributed by atoms with Gasteiger partial charge in [-0.2, -0.15) is 10.2 Å². The number of pyridine rings is 1. The predicted molar refractivity (Wildman–Crippen MR) is 59.2 cm³/mol. The van der Waals surface area contributed by atoms with Crippen LogP contribution in [0.2, 0.25) is 0 Å². The van der Waals surface area contributed by atoms with Crippen molar-refractivity contribution < 1.29 is 18.3 Å². The monoisotopic (exact) mass is 269 g/mol. The first-order valence-corrected chi connectivity index (χ1v) is 5.16. The summed E-state index contributed by atoms with van der Waals surface area (Å²) in [6.07, 6.45) is 0.242. The van der Waals surface area contributed by atoms with E-state index in [1.165, 1.54) is 19.4 Å². The molecule has 1 amide bonds. The molecule has 0 saturated heterocycles. The molecule has 2 rings (SSSR count). The minimum absolute atomic E-state index is 0.0921. The van der Waals surface area contributed by atoms with Crippen LogP contribution in [-0.2, 0) is 0 Å². The van der Waals surface area contributed by atoms with Crippen LogP contribution in [0.15, 0.2) is 24.7 Å². The van der Waals surface area contributed by atoms with Crippen LogP contribution in [0.25, 0.3) is 5.82 Å². The van der Waals surface area contributed by atoms with E-state index in [4.69, 9.17) is 4.74 Å². The van der Waals surface area contributed by atoms with E-state index in [-0.39, 0.29) is 11.6 Å². The van der Waals surface area contributed by atoms with Crippen molar-refractivity contribution >= 4 is 6.09 Å². The molecule has 0 saturated carbocycles. The Bertz CT molecular complexity index is 573. The first-order valence-electron chi connectivity index (χ1n) is 5.16. The van der Waals surface area contributed by atoms with E-state index in [0.29, 0.717) is 0 Å². The van der Waals surface area contributed by atoms with E-state index < -0.39 is 18.1 Å². The molecule has 7 nitrogen and oxygen atoms in total. The van der Waals surface area contributed by atoms with Crippen LogP contribution in [0.5, 0.6) is 5.75 Å². The number of carbonyl (C=O) groups is 1. The summed E-state index contributed by atoms with van der Waals surface area (Å²) in [5.74, 6) is -0.213. The first-order chi connectivity index (χ1) is 9.11. The van der Waals surface area contributed by atoms with Crippen molar-refractivity contribution in [2.24, 2.45) is 0 Å². The standard InChI is InChI=1S/C10H9F2N5O2/c1-13-10(18)19-6-4-7(8(11)12)9(14-5-6)17-15-2-3-16-17/h2-5,8H,1H3,(H,13,18). The normalized spacial score (nSPS) is 10.5. The molecule has 2 aromatic heterocycles. The van der Waals surface area contributed by atoms with E-state index in [1.807, 2.05) is 0 Å². The Labute approximate surface area is 106 Å². The van der Waals surface area contributed by atoms with Crippen LogP contribution in [0.4, 0.5) is 13.6 Å². The van der Waals surface area contributed by atoms with Gasteiger partial charge in [0.1, 0.15) is 0 Å². The Morgan fingerprint density at radius 2 is 2.11 bits per heavy atom. The smallest absolute Gasteiger partial charge is 0.409 e. The topological polar surface area (TPSA) is 81.9 Å². The van der Waals surface area contributed by atoms with Crippen molar-refractivity contribution in [2.45, 2.75) is 6.43 Å². The Balaban J connectivity index is 2.39. The van der Waals surface area contributed by atoms with Crippen LogP contribution in [-0.4, -0.2) is 33.1 Å². The Morgan fingerprint density at radius 1 is 1.42 bits per heavy atom. The maximum absolute atomic E-state index is 13.0. The molecule has 0 aromatic carbocycles. The van der Waals surface area contributed by atoms with Gasteiger partial charge >= 0.3 is 6.09 Å². The third-order valence-corrected chi connectivity index (χ3v) is 2.13. The zero-order chi connectivity index (χ0) is 13.8.